The molecule has 21 heavy (non-hydrogen) atoms. The molecule has 0 amide bonds. The average molecular weight is 340 g/mol. The van der Waals surface area contributed by atoms with Gasteiger partial charge in [-0.1, -0.05) is 57.9 Å². The van der Waals surface area contributed by atoms with Gasteiger partial charge >= 0.3 is 0 Å². The summed E-state index contributed by atoms with van der Waals surface area (Å²) in [6.45, 7) is 4.22. The van der Waals surface area contributed by atoms with Gasteiger partial charge in [-0.3, -0.25) is 0 Å². The molecule has 0 spiro atoms. The fraction of sp³-hybridized carbons (Fsp3) is 0.158. The lowest BCUT2D eigenvalue weighted by Gasteiger charge is -2.17. The summed E-state index contributed by atoms with van der Waals surface area (Å²) in [6, 6.07) is 19.1. The monoisotopic (exact) mass is 339 g/mol. The minimum absolute atomic E-state index is 0.0852. The van der Waals surface area contributed by atoms with E-state index in [1.807, 2.05) is 0 Å². The van der Waals surface area contributed by atoms with E-state index in [0.29, 0.717) is 0 Å². The van der Waals surface area contributed by atoms with Crippen molar-refractivity contribution in [2.75, 3.05) is 0 Å². The molecule has 2 N–H and O–H groups in total. The molecular weight excluding hydrogens is 322 g/mol. The molecular formula is C19H18BrN. The zero-order chi connectivity index (χ0) is 15.0. The van der Waals surface area contributed by atoms with Gasteiger partial charge < -0.3 is 5.73 Å². The van der Waals surface area contributed by atoms with Crippen LogP contribution in [0.5, 0.6) is 0 Å². The first-order chi connectivity index (χ1) is 10.0. The van der Waals surface area contributed by atoms with Crippen LogP contribution in [0.15, 0.2) is 59.1 Å². The number of halogens is 1. The van der Waals surface area contributed by atoms with E-state index < -0.39 is 0 Å². The molecule has 0 aromatic heterocycles. The average Bonchev–Trinajstić information content (AvgIpc) is 2.48. The highest BCUT2D eigenvalue weighted by atomic mass is 79.9. The van der Waals surface area contributed by atoms with E-state index in [4.69, 9.17) is 5.73 Å². The number of aryl methyl sites for hydroxylation is 2. The van der Waals surface area contributed by atoms with E-state index in [1.54, 1.807) is 0 Å². The van der Waals surface area contributed by atoms with Crippen molar-refractivity contribution in [3.63, 3.8) is 0 Å². The molecule has 2 heteroatoms. The molecule has 0 saturated heterocycles. The molecule has 0 heterocycles. The van der Waals surface area contributed by atoms with Gasteiger partial charge in [0.2, 0.25) is 0 Å². The number of hydrogen-bond donors (Lipinski definition) is 1. The molecule has 3 aromatic carbocycles. The molecule has 1 atom stereocenters. The third-order valence-corrected chi connectivity index (χ3v) is 4.45. The topological polar surface area (TPSA) is 26.0 Å². The van der Waals surface area contributed by atoms with Crippen LogP contribution in [0, 0.1) is 13.8 Å². The summed E-state index contributed by atoms with van der Waals surface area (Å²) in [6.07, 6.45) is 0. The predicted molar refractivity (Wildman–Crippen MR) is 93.6 cm³/mol. The van der Waals surface area contributed by atoms with E-state index in [0.717, 1.165) is 10.0 Å². The van der Waals surface area contributed by atoms with Crippen molar-refractivity contribution in [3.8, 4) is 0 Å². The summed E-state index contributed by atoms with van der Waals surface area (Å²) in [5.74, 6) is 0. The molecule has 0 aliphatic heterocycles. The molecule has 106 valence electrons. The number of rotatable bonds is 2. The van der Waals surface area contributed by atoms with Gasteiger partial charge in [0.1, 0.15) is 0 Å². The molecule has 3 aromatic rings. The normalized spacial score (nSPS) is 12.6. The van der Waals surface area contributed by atoms with Crippen LogP contribution < -0.4 is 5.73 Å². The molecule has 0 fully saturated rings. The van der Waals surface area contributed by atoms with Crippen molar-refractivity contribution in [1.82, 2.24) is 0 Å². The van der Waals surface area contributed by atoms with E-state index in [1.165, 1.54) is 27.5 Å². The summed E-state index contributed by atoms with van der Waals surface area (Å²) in [7, 11) is 0. The molecule has 0 saturated carbocycles. The Morgan fingerprint density at radius 3 is 2.38 bits per heavy atom. The van der Waals surface area contributed by atoms with Crippen molar-refractivity contribution < 1.29 is 0 Å². The molecule has 0 radical (unpaired) electrons. The first kappa shape index (κ1) is 14.3. The van der Waals surface area contributed by atoms with Crippen LogP contribution in [-0.4, -0.2) is 0 Å². The van der Waals surface area contributed by atoms with Gasteiger partial charge in [-0.15, -0.1) is 0 Å². The van der Waals surface area contributed by atoms with Gasteiger partial charge in [-0.25, -0.2) is 0 Å². The number of benzene rings is 3. The van der Waals surface area contributed by atoms with Crippen LogP contribution in [-0.2, 0) is 0 Å². The molecule has 1 unspecified atom stereocenters. The van der Waals surface area contributed by atoms with Crippen LogP contribution >= 0.6 is 15.9 Å². The summed E-state index contributed by atoms with van der Waals surface area (Å²) in [5, 5.41) is 2.44. The van der Waals surface area contributed by atoms with Crippen LogP contribution in [0.1, 0.15) is 28.3 Å². The lowest BCUT2D eigenvalue weighted by molar-refractivity contribution is 0.861. The van der Waals surface area contributed by atoms with Crippen LogP contribution in [0.4, 0.5) is 0 Å². The quantitative estimate of drug-likeness (QED) is 0.676. The maximum atomic E-state index is 6.50. The third kappa shape index (κ3) is 2.87. The van der Waals surface area contributed by atoms with Crippen LogP contribution in [0.25, 0.3) is 10.8 Å². The molecule has 0 aliphatic carbocycles. The van der Waals surface area contributed by atoms with Gasteiger partial charge in [-0.05, 0) is 59.5 Å². The minimum atomic E-state index is -0.0852. The second-order valence-electron chi connectivity index (χ2n) is 5.59. The maximum Gasteiger partial charge on any atom is 0.0554 e. The third-order valence-electron chi connectivity index (χ3n) is 3.96. The Balaban J connectivity index is 2.07. The molecule has 1 nitrogen and oxygen atoms in total. The largest absolute Gasteiger partial charge is 0.320 e. The van der Waals surface area contributed by atoms with Gasteiger partial charge in [0.15, 0.2) is 0 Å². The smallest absolute Gasteiger partial charge is 0.0554 e. The van der Waals surface area contributed by atoms with Crippen molar-refractivity contribution in [3.05, 3.63) is 81.3 Å². The van der Waals surface area contributed by atoms with Crippen molar-refractivity contribution in [1.29, 1.82) is 0 Å². The lowest BCUT2D eigenvalue weighted by Crippen LogP contribution is -2.13. The van der Waals surface area contributed by atoms with Gasteiger partial charge in [0, 0.05) is 4.47 Å². The zero-order valence-corrected chi connectivity index (χ0v) is 13.8. The second-order valence-corrected chi connectivity index (χ2v) is 6.50. The van der Waals surface area contributed by atoms with Crippen molar-refractivity contribution >= 4 is 26.7 Å². The Morgan fingerprint density at radius 1 is 0.857 bits per heavy atom. The van der Waals surface area contributed by atoms with Gasteiger partial charge in [0.25, 0.3) is 0 Å². The summed E-state index contributed by atoms with van der Waals surface area (Å²) >= 11 is 3.51. The van der Waals surface area contributed by atoms with E-state index in [9.17, 15) is 0 Å². The van der Waals surface area contributed by atoms with Gasteiger partial charge in [0.05, 0.1) is 6.04 Å². The lowest BCUT2D eigenvalue weighted by atomic mass is 9.93. The fourth-order valence-corrected chi connectivity index (χ4v) is 3.08. The number of hydrogen-bond acceptors (Lipinski definition) is 1. The SMILES string of the molecule is Cc1ccc(C)c(C(N)c2ccc3cc(Br)ccc3c2)c1. The number of nitrogens with two attached hydrogens (primary N) is 1. The summed E-state index contributed by atoms with van der Waals surface area (Å²) < 4.78 is 1.10. The van der Waals surface area contributed by atoms with Crippen LogP contribution in [0.2, 0.25) is 0 Å². The number of fused-ring (bicyclic) bond motifs is 1. The predicted octanol–water partition coefficient (Wildman–Crippen LogP) is 5.27. The Bertz CT molecular complexity index is 808. The van der Waals surface area contributed by atoms with E-state index in [2.05, 4.69) is 84.4 Å². The van der Waals surface area contributed by atoms with Crippen LogP contribution in [0.3, 0.4) is 0 Å². The Hall–Kier alpha value is -1.64. The molecule has 0 bridgehead atoms. The van der Waals surface area contributed by atoms with E-state index in [-0.39, 0.29) is 6.04 Å². The maximum absolute atomic E-state index is 6.50. The highest BCUT2D eigenvalue weighted by molar-refractivity contribution is 9.10. The second kappa shape index (κ2) is 5.63. The van der Waals surface area contributed by atoms with Gasteiger partial charge in [-0.2, -0.15) is 0 Å². The first-order valence-corrected chi connectivity index (χ1v) is 7.86. The first-order valence-electron chi connectivity index (χ1n) is 7.06. The van der Waals surface area contributed by atoms with Crippen molar-refractivity contribution in [2.45, 2.75) is 19.9 Å². The Morgan fingerprint density at radius 2 is 1.57 bits per heavy atom. The fourth-order valence-electron chi connectivity index (χ4n) is 2.70. The highest BCUT2D eigenvalue weighted by Crippen LogP contribution is 2.27. The standard InChI is InChI=1S/C19H18BrN/c1-12-3-4-13(2)18(9-12)19(21)16-6-5-15-11-17(20)8-7-14(15)10-16/h3-11,19H,21H2,1-2H3. The molecule has 0 aliphatic rings. The summed E-state index contributed by atoms with van der Waals surface area (Å²) in [5.41, 5.74) is 11.3. The Labute approximate surface area is 133 Å². The zero-order valence-electron chi connectivity index (χ0n) is 12.2. The van der Waals surface area contributed by atoms with Crippen molar-refractivity contribution in [2.24, 2.45) is 5.73 Å². The minimum Gasteiger partial charge on any atom is -0.320 e. The molecule has 3 rings (SSSR count). The highest BCUT2D eigenvalue weighted by Gasteiger charge is 2.12. The summed E-state index contributed by atoms with van der Waals surface area (Å²) in [4.78, 5) is 0. The van der Waals surface area contributed by atoms with E-state index >= 15 is 0 Å². The Kier molecular flexibility index (Phi) is 3.83.